The van der Waals surface area contributed by atoms with E-state index in [9.17, 15) is 4.79 Å². The van der Waals surface area contributed by atoms with Gasteiger partial charge in [0.05, 0.1) is 5.52 Å². The summed E-state index contributed by atoms with van der Waals surface area (Å²) >= 11 is 0. The van der Waals surface area contributed by atoms with Crippen LogP contribution in [-0.4, -0.2) is 17.5 Å². The highest BCUT2D eigenvalue weighted by Gasteiger charge is 2.07. The minimum atomic E-state index is -0.152. The maximum atomic E-state index is 12.5. The number of rotatable bonds is 7. The van der Waals surface area contributed by atoms with E-state index in [0.717, 1.165) is 34.3 Å². The van der Waals surface area contributed by atoms with Crippen molar-refractivity contribution in [1.82, 2.24) is 4.98 Å². The second-order valence-electron chi connectivity index (χ2n) is 6.35. The summed E-state index contributed by atoms with van der Waals surface area (Å²) in [6, 6.07) is 16.7. The summed E-state index contributed by atoms with van der Waals surface area (Å²) in [6.45, 7) is 4.62. The summed E-state index contributed by atoms with van der Waals surface area (Å²) in [5.74, 6) is 0.611. The molecule has 0 aliphatic heterocycles. The normalized spacial score (nSPS) is 11.7. The molecule has 0 atom stereocenters. The van der Waals surface area contributed by atoms with Gasteiger partial charge in [0.15, 0.2) is 0 Å². The number of carbonyl (C=O) groups is 1. The number of nitrogens with one attached hydrogen (secondary N) is 1. The molecule has 1 amide bonds. The number of anilines is 1. The fourth-order valence-electron chi connectivity index (χ4n) is 2.72. The molecule has 28 heavy (non-hydrogen) atoms. The van der Waals surface area contributed by atoms with E-state index in [2.05, 4.69) is 29.4 Å². The number of allylic oxidation sites excluding steroid dienone is 2. The molecule has 0 aliphatic carbocycles. The molecule has 4 heteroatoms. The van der Waals surface area contributed by atoms with Gasteiger partial charge in [-0.15, -0.1) is 0 Å². The van der Waals surface area contributed by atoms with Gasteiger partial charge in [0.25, 0.3) is 5.91 Å². The lowest BCUT2D eigenvalue weighted by Crippen LogP contribution is -2.11. The second-order valence-corrected chi connectivity index (χ2v) is 6.35. The van der Waals surface area contributed by atoms with Gasteiger partial charge in [-0.25, -0.2) is 0 Å². The monoisotopic (exact) mass is 372 g/mol. The van der Waals surface area contributed by atoms with Crippen molar-refractivity contribution in [2.45, 2.75) is 20.3 Å². The Hall–Kier alpha value is -3.40. The van der Waals surface area contributed by atoms with E-state index >= 15 is 0 Å². The summed E-state index contributed by atoms with van der Waals surface area (Å²) < 4.78 is 5.81. The predicted molar refractivity (Wildman–Crippen MR) is 115 cm³/mol. The number of carbonyl (C=O) groups excluding carboxylic acids is 1. The van der Waals surface area contributed by atoms with E-state index in [0.29, 0.717) is 12.2 Å². The van der Waals surface area contributed by atoms with Crippen molar-refractivity contribution < 1.29 is 9.53 Å². The number of nitrogens with zero attached hydrogens (tertiary/aromatic N) is 1. The van der Waals surface area contributed by atoms with Gasteiger partial charge in [-0.2, -0.15) is 0 Å². The zero-order chi connectivity index (χ0) is 19.8. The predicted octanol–water partition coefficient (Wildman–Crippen LogP) is 5.78. The molecule has 0 unspecified atom stereocenters. The maximum Gasteiger partial charge on any atom is 0.255 e. The van der Waals surface area contributed by atoms with Crippen LogP contribution in [0.15, 0.2) is 84.6 Å². The molecule has 1 aromatic heterocycles. The lowest BCUT2D eigenvalue weighted by atomic mass is 10.1. The first kappa shape index (κ1) is 19.4. The molecule has 3 aromatic rings. The van der Waals surface area contributed by atoms with Gasteiger partial charge in [0.1, 0.15) is 12.4 Å². The van der Waals surface area contributed by atoms with Crippen molar-refractivity contribution in [2.24, 2.45) is 0 Å². The van der Waals surface area contributed by atoms with Crippen LogP contribution < -0.4 is 10.1 Å². The summed E-state index contributed by atoms with van der Waals surface area (Å²) in [7, 11) is 0. The van der Waals surface area contributed by atoms with E-state index in [4.69, 9.17) is 4.74 Å². The third-order valence-corrected chi connectivity index (χ3v) is 4.32. The van der Waals surface area contributed by atoms with E-state index in [1.54, 1.807) is 12.3 Å². The summed E-state index contributed by atoms with van der Waals surface area (Å²) in [5, 5.41) is 3.86. The molecule has 4 nitrogen and oxygen atoms in total. The molecular formula is C24H24N2O2. The van der Waals surface area contributed by atoms with Crippen LogP contribution >= 0.6 is 0 Å². The number of pyridine rings is 1. The molecule has 0 bridgehead atoms. The Bertz CT molecular complexity index is 1000. The molecule has 0 aliphatic rings. The first-order chi connectivity index (χ1) is 13.7. The molecule has 0 radical (unpaired) electrons. The summed E-state index contributed by atoms with van der Waals surface area (Å²) in [6.07, 6.45) is 8.97. The summed E-state index contributed by atoms with van der Waals surface area (Å²) in [4.78, 5) is 16.8. The van der Waals surface area contributed by atoms with Gasteiger partial charge >= 0.3 is 0 Å². The largest absolute Gasteiger partial charge is 0.489 e. The van der Waals surface area contributed by atoms with Crippen LogP contribution in [0.2, 0.25) is 0 Å². The first-order valence-corrected chi connectivity index (χ1v) is 9.40. The van der Waals surface area contributed by atoms with Crippen LogP contribution in [0.1, 0.15) is 30.6 Å². The average Bonchev–Trinajstić information content (AvgIpc) is 2.74. The molecule has 1 heterocycles. The van der Waals surface area contributed by atoms with E-state index in [1.807, 2.05) is 61.5 Å². The molecule has 0 saturated carbocycles. The van der Waals surface area contributed by atoms with Gasteiger partial charge in [0, 0.05) is 22.8 Å². The Morgan fingerprint density at radius 1 is 1.14 bits per heavy atom. The molecule has 142 valence electrons. The second kappa shape index (κ2) is 9.51. The van der Waals surface area contributed by atoms with Gasteiger partial charge in [-0.05, 0) is 67.4 Å². The van der Waals surface area contributed by atoms with Crippen molar-refractivity contribution in [2.75, 3.05) is 11.9 Å². The number of amides is 1. The van der Waals surface area contributed by atoms with Crippen LogP contribution in [-0.2, 0) is 0 Å². The number of aromatic nitrogens is 1. The highest BCUT2D eigenvalue weighted by Crippen LogP contribution is 2.19. The lowest BCUT2D eigenvalue weighted by molar-refractivity contribution is 0.102. The molecule has 2 aromatic carbocycles. The molecule has 1 N–H and O–H groups in total. The van der Waals surface area contributed by atoms with Crippen molar-refractivity contribution in [3.05, 3.63) is 90.2 Å². The summed E-state index contributed by atoms with van der Waals surface area (Å²) in [5.41, 5.74) is 3.32. The standard InChI is InChI=1S/C24H24N2O2/c1-3-5-7-18(4-2)17-28-22-12-10-21(11-13-22)26-24(27)20-9-14-23-19(16-20)8-6-15-25-23/h4-16H,3,17H2,1-2H3,(H,26,27)/b7-5-,18-4+. The minimum Gasteiger partial charge on any atom is -0.489 e. The number of benzene rings is 2. The van der Waals surface area contributed by atoms with Gasteiger partial charge in [-0.3, -0.25) is 9.78 Å². The SMILES string of the molecule is C/C=C(\C=C/CC)COc1ccc(NC(=O)c2ccc3ncccc3c2)cc1. The van der Waals surface area contributed by atoms with Gasteiger partial charge < -0.3 is 10.1 Å². The average molecular weight is 372 g/mol. The molecule has 0 fully saturated rings. The van der Waals surface area contributed by atoms with E-state index in [1.165, 1.54) is 0 Å². The zero-order valence-electron chi connectivity index (χ0n) is 16.2. The topological polar surface area (TPSA) is 51.2 Å². The first-order valence-electron chi connectivity index (χ1n) is 9.40. The Balaban J connectivity index is 1.61. The number of hydrogen-bond acceptors (Lipinski definition) is 3. The highest BCUT2D eigenvalue weighted by atomic mass is 16.5. The van der Waals surface area contributed by atoms with Crippen LogP contribution in [0.3, 0.4) is 0 Å². The fraction of sp³-hybridized carbons (Fsp3) is 0.167. The lowest BCUT2D eigenvalue weighted by Gasteiger charge is -2.09. The van der Waals surface area contributed by atoms with Crippen LogP contribution in [0.4, 0.5) is 5.69 Å². The fourth-order valence-corrected chi connectivity index (χ4v) is 2.72. The number of fused-ring (bicyclic) bond motifs is 1. The number of ether oxygens (including phenoxy) is 1. The number of hydrogen-bond donors (Lipinski definition) is 1. The van der Waals surface area contributed by atoms with Gasteiger partial charge in [0.2, 0.25) is 0 Å². The Morgan fingerprint density at radius 3 is 2.71 bits per heavy atom. The zero-order valence-corrected chi connectivity index (χ0v) is 16.2. The molecule has 0 saturated heterocycles. The van der Waals surface area contributed by atoms with Crippen LogP contribution in [0.25, 0.3) is 10.9 Å². The van der Waals surface area contributed by atoms with Crippen LogP contribution in [0, 0.1) is 0 Å². The molecular weight excluding hydrogens is 348 g/mol. The molecule has 3 rings (SSSR count). The molecule has 0 spiro atoms. The Kier molecular flexibility index (Phi) is 6.58. The smallest absolute Gasteiger partial charge is 0.255 e. The van der Waals surface area contributed by atoms with Crippen molar-refractivity contribution in [3.8, 4) is 5.75 Å². The van der Waals surface area contributed by atoms with Crippen molar-refractivity contribution >= 4 is 22.5 Å². The maximum absolute atomic E-state index is 12.5. The van der Waals surface area contributed by atoms with Crippen molar-refractivity contribution in [3.63, 3.8) is 0 Å². The quantitative estimate of drug-likeness (QED) is 0.535. The van der Waals surface area contributed by atoms with E-state index < -0.39 is 0 Å². The Labute approximate surface area is 165 Å². The Morgan fingerprint density at radius 2 is 1.96 bits per heavy atom. The van der Waals surface area contributed by atoms with Crippen molar-refractivity contribution in [1.29, 1.82) is 0 Å². The van der Waals surface area contributed by atoms with Crippen LogP contribution in [0.5, 0.6) is 5.75 Å². The third-order valence-electron chi connectivity index (χ3n) is 4.32. The minimum absolute atomic E-state index is 0.152. The van der Waals surface area contributed by atoms with E-state index in [-0.39, 0.29) is 5.91 Å². The highest BCUT2D eigenvalue weighted by molar-refractivity contribution is 6.06. The third kappa shape index (κ3) is 5.07. The van der Waals surface area contributed by atoms with Gasteiger partial charge in [-0.1, -0.05) is 31.2 Å².